The number of amides is 2. The van der Waals surface area contributed by atoms with Gasteiger partial charge in [0.15, 0.2) is 0 Å². The molecule has 6 nitrogen and oxygen atoms in total. The van der Waals surface area contributed by atoms with Gasteiger partial charge in [-0.3, -0.25) is 4.68 Å². The van der Waals surface area contributed by atoms with Gasteiger partial charge in [0.1, 0.15) is 0 Å². The Kier molecular flexibility index (Phi) is 5.89. The second kappa shape index (κ2) is 8.10. The van der Waals surface area contributed by atoms with Gasteiger partial charge in [0.2, 0.25) is 0 Å². The summed E-state index contributed by atoms with van der Waals surface area (Å²) in [4.78, 5) is 11.9. The highest BCUT2D eigenvalue weighted by Gasteiger charge is 2.07. The molecule has 0 saturated carbocycles. The molecule has 0 spiro atoms. The van der Waals surface area contributed by atoms with Crippen molar-refractivity contribution in [1.29, 1.82) is 5.41 Å². The Morgan fingerprint density at radius 3 is 2.54 bits per heavy atom. The molecule has 0 atom stereocenters. The van der Waals surface area contributed by atoms with Crippen LogP contribution in [0.4, 0.5) is 10.5 Å². The first kappa shape index (κ1) is 17.5. The lowest BCUT2D eigenvalue weighted by molar-refractivity contribution is 0.251. The molecule has 3 N–H and O–H groups in total. The van der Waals surface area contributed by atoms with Crippen LogP contribution in [0, 0.1) is 5.41 Å². The number of urea groups is 1. The van der Waals surface area contributed by atoms with Crippen LogP contribution in [-0.2, 0) is 13.1 Å². The minimum atomic E-state index is -0.274. The molecule has 0 fully saturated rings. The SMILES string of the molecule is CC(=N)C(Cn1cc(NC(=O)NCc2ccccc2)cn1)=C(C)C. The third kappa shape index (κ3) is 5.08. The second-order valence-corrected chi connectivity index (χ2v) is 5.82. The summed E-state index contributed by atoms with van der Waals surface area (Å²) in [6.07, 6.45) is 3.36. The van der Waals surface area contributed by atoms with E-state index in [4.69, 9.17) is 5.41 Å². The number of carbonyl (C=O) groups is 1. The van der Waals surface area contributed by atoms with Crippen molar-refractivity contribution < 1.29 is 4.79 Å². The number of allylic oxidation sites excluding steroid dienone is 2. The van der Waals surface area contributed by atoms with Crippen molar-refractivity contribution >= 4 is 17.4 Å². The number of nitrogens with one attached hydrogen (secondary N) is 3. The number of hydrogen-bond donors (Lipinski definition) is 3. The molecular weight excluding hydrogens is 302 g/mol. The van der Waals surface area contributed by atoms with E-state index in [9.17, 15) is 4.79 Å². The number of carbonyl (C=O) groups excluding carboxylic acids is 1. The molecule has 0 radical (unpaired) electrons. The summed E-state index contributed by atoms with van der Waals surface area (Å²) < 4.78 is 1.72. The van der Waals surface area contributed by atoms with Gasteiger partial charge >= 0.3 is 6.03 Å². The van der Waals surface area contributed by atoms with Crippen LogP contribution >= 0.6 is 0 Å². The van der Waals surface area contributed by atoms with E-state index in [1.165, 1.54) is 0 Å². The Morgan fingerprint density at radius 1 is 1.21 bits per heavy atom. The first-order valence-electron chi connectivity index (χ1n) is 7.79. The molecule has 2 amide bonds. The van der Waals surface area contributed by atoms with Crippen molar-refractivity contribution in [2.75, 3.05) is 5.32 Å². The first-order valence-corrected chi connectivity index (χ1v) is 7.79. The summed E-state index contributed by atoms with van der Waals surface area (Å²) in [5, 5.41) is 17.6. The Bertz CT molecular complexity index is 742. The molecule has 0 aliphatic heterocycles. The Balaban J connectivity index is 1.90. The summed E-state index contributed by atoms with van der Waals surface area (Å²) >= 11 is 0. The molecule has 0 unspecified atom stereocenters. The fraction of sp³-hybridized carbons (Fsp3) is 0.278. The third-order valence-electron chi connectivity index (χ3n) is 3.56. The lowest BCUT2D eigenvalue weighted by Gasteiger charge is -2.08. The maximum atomic E-state index is 11.9. The largest absolute Gasteiger partial charge is 0.334 e. The number of benzene rings is 1. The second-order valence-electron chi connectivity index (χ2n) is 5.82. The molecule has 0 bridgehead atoms. The van der Waals surface area contributed by atoms with Gasteiger partial charge in [-0.15, -0.1) is 0 Å². The molecule has 1 aromatic heterocycles. The number of rotatable bonds is 6. The van der Waals surface area contributed by atoms with Crippen molar-refractivity contribution in [1.82, 2.24) is 15.1 Å². The van der Waals surface area contributed by atoms with Crippen LogP contribution in [0.25, 0.3) is 0 Å². The smallest absolute Gasteiger partial charge is 0.319 e. The van der Waals surface area contributed by atoms with Crippen LogP contribution in [0.5, 0.6) is 0 Å². The van der Waals surface area contributed by atoms with E-state index >= 15 is 0 Å². The van der Waals surface area contributed by atoms with Crippen molar-refractivity contribution in [2.45, 2.75) is 33.9 Å². The topological polar surface area (TPSA) is 82.8 Å². The van der Waals surface area contributed by atoms with Crippen LogP contribution in [0.3, 0.4) is 0 Å². The lowest BCUT2D eigenvalue weighted by Crippen LogP contribution is -2.27. The molecule has 0 aliphatic rings. The number of hydrogen-bond acceptors (Lipinski definition) is 3. The maximum Gasteiger partial charge on any atom is 0.319 e. The number of nitrogens with zero attached hydrogens (tertiary/aromatic N) is 2. The van der Waals surface area contributed by atoms with E-state index in [0.717, 1.165) is 16.7 Å². The Hall–Kier alpha value is -2.89. The monoisotopic (exact) mass is 325 g/mol. The van der Waals surface area contributed by atoms with Crippen LogP contribution in [-0.4, -0.2) is 21.5 Å². The standard InChI is InChI=1S/C18H23N5O/c1-13(2)17(14(3)19)12-23-11-16(10-21-23)22-18(24)20-9-15-7-5-4-6-8-15/h4-8,10-11,19H,9,12H2,1-3H3,(H2,20,22,24). The average Bonchev–Trinajstić information content (AvgIpc) is 2.98. The van der Waals surface area contributed by atoms with E-state index in [1.807, 2.05) is 44.2 Å². The predicted octanol–water partition coefficient (Wildman–Crippen LogP) is 3.58. The van der Waals surface area contributed by atoms with Crippen LogP contribution in [0.2, 0.25) is 0 Å². The van der Waals surface area contributed by atoms with Gasteiger partial charge < -0.3 is 16.0 Å². The summed E-state index contributed by atoms with van der Waals surface area (Å²) in [5.41, 5.74) is 4.22. The first-order chi connectivity index (χ1) is 11.5. The van der Waals surface area contributed by atoms with E-state index < -0.39 is 0 Å². The number of anilines is 1. The van der Waals surface area contributed by atoms with Gasteiger partial charge in [-0.2, -0.15) is 5.10 Å². The molecule has 24 heavy (non-hydrogen) atoms. The fourth-order valence-corrected chi connectivity index (χ4v) is 2.28. The Labute approximate surface area is 142 Å². The minimum Gasteiger partial charge on any atom is -0.334 e. The van der Waals surface area contributed by atoms with Crippen molar-refractivity contribution in [3.05, 3.63) is 59.4 Å². The van der Waals surface area contributed by atoms with Crippen molar-refractivity contribution in [3.63, 3.8) is 0 Å². The molecule has 6 heteroatoms. The molecule has 126 valence electrons. The van der Waals surface area contributed by atoms with Gasteiger partial charge in [0.25, 0.3) is 0 Å². The summed E-state index contributed by atoms with van der Waals surface area (Å²) in [6.45, 7) is 6.71. The summed E-state index contributed by atoms with van der Waals surface area (Å²) in [6, 6.07) is 9.45. The molecule has 0 saturated heterocycles. The minimum absolute atomic E-state index is 0.274. The zero-order chi connectivity index (χ0) is 17.5. The van der Waals surface area contributed by atoms with Gasteiger partial charge in [0, 0.05) is 18.5 Å². The van der Waals surface area contributed by atoms with E-state index in [2.05, 4.69) is 15.7 Å². The average molecular weight is 325 g/mol. The maximum absolute atomic E-state index is 11.9. The highest BCUT2D eigenvalue weighted by atomic mass is 16.2. The van der Waals surface area contributed by atoms with Crippen LogP contribution in [0.1, 0.15) is 26.3 Å². The zero-order valence-electron chi connectivity index (χ0n) is 14.3. The van der Waals surface area contributed by atoms with Gasteiger partial charge in [-0.1, -0.05) is 35.9 Å². The van der Waals surface area contributed by atoms with Gasteiger partial charge in [0.05, 0.1) is 18.4 Å². The van der Waals surface area contributed by atoms with Crippen molar-refractivity contribution in [2.24, 2.45) is 0 Å². The molecule has 2 aromatic rings. The lowest BCUT2D eigenvalue weighted by atomic mass is 10.1. The highest BCUT2D eigenvalue weighted by molar-refractivity contribution is 5.96. The molecule has 0 aliphatic carbocycles. The summed E-state index contributed by atoms with van der Waals surface area (Å²) in [5.74, 6) is 0. The van der Waals surface area contributed by atoms with Crippen LogP contribution in [0.15, 0.2) is 53.9 Å². The molecular formula is C18H23N5O. The fourth-order valence-electron chi connectivity index (χ4n) is 2.28. The van der Waals surface area contributed by atoms with Gasteiger partial charge in [-0.05, 0) is 31.9 Å². The Morgan fingerprint density at radius 2 is 1.92 bits per heavy atom. The third-order valence-corrected chi connectivity index (χ3v) is 3.56. The van der Waals surface area contributed by atoms with Gasteiger partial charge in [-0.25, -0.2) is 4.79 Å². The normalized spacial score (nSPS) is 10.1. The highest BCUT2D eigenvalue weighted by Crippen LogP contribution is 2.11. The molecule has 1 heterocycles. The van der Waals surface area contributed by atoms with E-state index in [-0.39, 0.29) is 6.03 Å². The molecule has 1 aromatic carbocycles. The summed E-state index contributed by atoms with van der Waals surface area (Å²) in [7, 11) is 0. The predicted molar refractivity (Wildman–Crippen MR) is 96.3 cm³/mol. The quantitative estimate of drug-likeness (QED) is 0.709. The van der Waals surface area contributed by atoms with E-state index in [1.54, 1.807) is 24.0 Å². The van der Waals surface area contributed by atoms with Crippen molar-refractivity contribution in [3.8, 4) is 0 Å². The molecule has 2 rings (SSSR count). The number of aromatic nitrogens is 2. The van der Waals surface area contributed by atoms with E-state index in [0.29, 0.717) is 24.5 Å². The van der Waals surface area contributed by atoms with Crippen LogP contribution < -0.4 is 10.6 Å². The zero-order valence-corrected chi connectivity index (χ0v) is 14.3.